The minimum absolute atomic E-state index is 0.0575. The molecule has 1 aliphatic heterocycles. The maximum absolute atomic E-state index is 13.5. The Morgan fingerprint density at radius 3 is 2.95 bits per heavy atom. The van der Waals surface area contributed by atoms with Gasteiger partial charge >= 0.3 is 0 Å². The molecule has 1 saturated heterocycles. The van der Waals surface area contributed by atoms with Crippen molar-refractivity contribution < 1.29 is 4.39 Å². The van der Waals surface area contributed by atoms with Crippen LogP contribution in [0.4, 0.5) is 4.39 Å². The summed E-state index contributed by atoms with van der Waals surface area (Å²) in [7, 11) is 0. The summed E-state index contributed by atoms with van der Waals surface area (Å²) in [5.74, 6) is 0.915. The van der Waals surface area contributed by atoms with E-state index in [-0.39, 0.29) is 11.4 Å². The smallest absolute Gasteiger partial charge is 0.130 e. The summed E-state index contributed by atoms with van der Waals surface area (Å²) in [4.78, 5) is 4.80. The molecule has 1 aromatic heterocycles. The number of benzene rings is 1. The molecule has 0 amide bonds. The van der Waals surface area contributed by atoms with Gasteiger partial charge in [0.15, 0.2) is 0 Å². The molecule has 19 heavy (non-hydrogen) atoms. The summed E-state index contributed by atoms with van der Waals surface area (Å²) in [5.41, 5.74) is 1.81. The number of hydrogen-bond acceptors (Lipinski definition) is 2. The Morgan fingerprint density at radius 1 is 1.42 bits per heavy atom. The standard InChI is InChI=1S/C15H18FN3/c1-15(7-2-8-17-15)14-18-12-6-3-10(16)9-13(12)19(14)11-4-5-11/h3,6,9,11,17H,2,4-5,7-8H2,1H3. The van der Waals surface area contributed by atoms with Crippen LogP contribution in [0.2, 0.25) is 0 Å². The van der Waals surface area contributed by atoms with Gasteiger partial charge < -0.3 is 9.88 Å². The highest BCUT2D eigenvalue weighted by atomic mass is 19.1. The average molecular weight is 259 g/mol. The SMILES string of the molecule is CC1(c2nc3ccc(F)cc3n2C2CC2)CCCN1. The van der Waals surface area contributed by atoms with Gasteiger partial charge in [0.25, 0.3) is 0 Å². The second-order valence-corrected chi connectivity index (χ2v) is 6.03. The van der Waals surface area contributed by atoms with E-state index in [1.807, 2.05) is 0 Å². The lowest BCUT2D eigenvalue weighted by molar-refractivity contribution is 0.389. The van der Waals surface area contributed by atoms with Crippen LogP contribution in [0.15, 0.2) is 18.2 Å². The first-order valence-electron chi connectivity index (χ1n) is 7.10. The first-order chi connectivity index (χ1) is 9.17. The average Bonchev–Trinajstić information content (AvgIpc) is 3.01. The first kappa shape index (κ1) is 11.4. The Labute approximate surface area is 111 Å². The third-order valence-electron chi connectivity index (χ3n) is 4.43. The van der Waals surface area contributed by atoms with E-state index in [9.17, 15) is 4.39 Å². The van der Waals surface area contributed by atoms with Gasteiger partial charge in [-0.25, -0.2) is 9.37 Å². The minimum atomic E-state index is -0.176. The Hall–Kier alpha value is -1.42. The zero-order valence-electron chi connectivity index (χ0n) is 11.1. The Bertz CT molecular complexity index is 636. The van der Waals surface area contributed by atoms with Crippen molar-refractivity contribution in [2.24, 2.45) is 0 Å². The molecule has 4 rings (SSSR count). The third kappa shape index (κ3) is 1.70. The van der Waals surface area contributed by atoms with Gasteiger partial charge in [-0.2, -0.15) is 0 Å². The maximum Gasteiger partial charge on any atom is 0.130 e. The maximum atomic E-state index is 13.5. The molecular formula is C15H18FN3. The monoisotopic (exact) mass is 259 g/mol. The lowest BCUT2D eigenvalue weighted by Crippen LogP contribution is -2.36. The molecule has 3 nitrogen and oxygen atoms in total. The van der Waals surface area contributed by atoms with Crippen molar-refractivity contribution in [3.8, 4) is 0 Å². The van der Waals surface area contributed by atoms with Crippen molar-refractivity contribution in [3.05, 3.63) is 29.8 Å². The van der Waals surface area contributed by atoms with Crippen molar-refractivity contribution in [3.63, 3.8) is 0 Å². The number of imidazole rings is 1. The van der Waals surface area contributed by atoms with Gasteiger partial charge in [0.05, 0.1) is 16.6 Å². The fraction of sp³-hybridized carbons (Fsp3) is 0.533. The summed E-state index contributed by atoms with van der Waals surface area (Å²) < 4.78 is 15.8. The molecule has 2 aliphatic rings. The molecule has 2 heterocycles. The number of nitrogens with zero attached hydrogens (tertiary/aromatic N) is 2. The largest absolute Gasteiger partial charge is 0.323 e. The second kappa shape index (κ2) is 3.79. The van der Waals surface area contributed by atoms with Gasteiger partial charge in [0.1, 0.15) is 11.6 Å². The lowest BCUT2D eigenvalue weighted by atomic mass is 9.99. The van der Waals surface area contributed by atoms with E-state index < -0.39 is 0 Å². The van der Waals surface area contributed by atoms with Gasteiger partial charge in [-0.3, -0.25) is 0 Å². The molecule has 2 fully saturated rings. The fourth-order valence-corrected chi connectivity index (χ4v) is 3.24. The number of aromatic nitrogens is 2. The molecule has 1 aliphatic carbocycles. The number of fused-ring (bicyclic) bond motifs is 1. The molecule has 100 valence electrons. The fourth-order valence-electron chi connectivity index (χ4n) is 3.24. The van der Waals surface area contributed by atoms with Crippen LogP contribution in [0.3, 0.4) is 0 Å². The van der Waals surface area contributed by atoms with Crippen LogP contribution in [0.1, 0.15) is 44.5 Å². The highest BCUT2D eigenvalue weighted by Gasteiger charge is 2.38. The topological polar surface area (TPSA) is 29.9 Å². The van der Waals surface area contributed by atoms with E-state index in [2.05, 4.69) is 16.8 Å². The van der Waals surface area contributed by atoms with Crippen molar-refractivity contribution in [2.45, 2.75) is 44.2 Å². The first-order valence-corrected chi connectivity index (χ1v) is 7.10. The van der Waals surface area contributed by atoms with Crippen molar-refractivity contribution in [2.75, 3.05) is 6.54 Å². The van der Waals surface area contributed by atoms with Crippen LogP contribution in [0.25, 0.3) is 11.0 Å². The van der Waals surface area contributed by atoms with Crippen molar-refractivity contribution in [1.82, 2.24) is 14.9 Å². The van der Waals surface area contributed by atoms with Gasteiger partial charge in [0, 0.05) is 6.04 Å². The second-order valence-electron chi connectivity index (χ2n) is 6.03. The lowest BCUT2D eigenvalue weighted by Gasteiger charge is -2.25. The summed E-state index contributed by atoms with van der Waals surface area (Å²) in [6.07, 6.45) is 4.65. The molecule has 0 radical (unpaired) electrons. The molecule has 4 heteroatoms. The van der Waals surface area contributed by atoms with E-state index in [4.69, 9.17) is 4.98 Å². The van der Waals surface area contributed by atoms with E-state index in [0.29, 0.717) is 6.04 Å². The number of rotatable bonds is 2. The highest BCUT2D eigenvalue weighted by Crippen LogP contribution is 2.42. The van der Waals surface area contributed by atoms with Crippen LogP contribution >= 0.6 is 0 Å². The van der Waals surface area contributed by atoms with Crippen LogP contribution in [-0.4, -0.2) is 16.1 Å². The van der Waals surface area contributed by atoms with Crippen LogP contribution < -0.4 is 5.32 Å². The molecule has 2 aromatic rings. The third-order valence-corrected chi connectivity index (χ3v) is 4.43. The summed E-state index contributed by atoms with van der Waals surface area (Å²) in [6.45, 7) is 3.26. The zero-order valence-corrected chi connectivity index (χ0v) is 11.1. The molecule has 1 unspecified atom stereocenters. The minimum Gasteiger partial charge on any atom is -0.323 e. The Kier molecular flexibility index (Phi) is 2.28. The number of halogens is 1. The number of hydrogen-bond donors (Lipinski definition) is 1. The van der Waals surface area contributed by atoms with Crippen LogP contribution in [0, 0.1) is 5.82 Å². The normalized spacial score (nSPS) is 27.3. The van der Waals surface area contributed by atoms with Gasteiger partial charge in [-0.15, -0.1) is 0 Å². The quantitative estimate of drug-likeness (QED) is 0.898. The van der Waals surface area contributed by atoms with Crippen LogP contribution in [0.5, 0.6) is 0 Å². The van der Waals surface area contributed by atoms with E-state index >= 15 is 0 Å². The molecular weight excluding hydrogens is 241 g/mol. The van der Waals surface area contributed by atoms with Crippen LogP contribution in [-0.2, 0) is 5.54 Å². The van der Waals surface area contributed by atoms with E-state index in [1.54, 1.807) is 12.1 Å². The van der Waals surface area contributed by atoms with Gasteiger partial charge in [-0.05, 0) is 57.4 Å². The zero-order chi connectivity index (χ0) is 13.0. The molecule has 0 spiro atoms. The summed E-state index contributed by atoms with van der Waals surface area (Å²) >= 11 is 0. The molecule has 0 bridgehead atoms. The number of nitrogens with one attached hydrogen (secondary N) is 1. The molecule has 1 N–H and O–H groups in total. The Balaban J connectivity index is 1.96. The predicted octanol–water partition coefficient (Wildman–Crippen LogP) is 3.11. The van der Waals surface area contributed by atoms with Gasteiger partial charge in [-0.1, -0.05) is 0 Å². The van der Waals surface area contributed by atoms with Crippen molar-refractivity contribution in [1.29, 1.82) is 0 Å². The summed E-state index contributed by atoms with van der Waals surface area (Å²) in [6, 6.07) is 5.44. The summed E-state index contributed by atoms with van der Waals surface area (Å²) in [5, 5.41) is 3.57. The van der Waals surface area contributed by atoms with Crippen molar-refractivity contribution >= 4 is 11.0 Å². The molecule has 1 atom stereocenters. The predicted molar refractivity (Wildman–Crippen MR) is 72.6 cm³/mol. The Morgan fingerprint density at radius 2 is 2.26 bits per heavy atom. The van der Waals surface area contributed by atoms with Gasteiger partial charge in [0.2, 0.25) is 0 Å². The molecule has 1 saturated carbocycles. The molecule has 1 aromatic carbocycles. The van der Waals surface area contributed by atoms with E-state index in [1.165, 1.54) is 25.3 Å². The highest BCUT2D eigenvalue weighted by molar-refractivity contribution is 5.76. The van der Waals surface area contributed by atoms with E-state index in [0.717, 1.165) is 29.8 Å².